The first-order chi connectivity index (χ1) is 15.0. The molecule has 0 radical (unpaired) electrons. The van der Waals surface area contributed by atoms with Gasteiger partial charge in [0.1, 0.15) is 10.6 Å². The molecule has 0 aliphatic heterocycles. The highest BCUT2D eigenvalue weighted by molar-refractivity contribution is 7.92. The lowest BCUT2D eigenvalue weighted by atomic mass is 10.3. The predicted octanol–water partition coefficient (Wildman–Crippen LogP) is 4.22. The average Bonchev–Trinajstić information content (AvgIpc) is 2.79. The molecule has 0 saturated carbocycles. The minimum Gasteiger partial charge on any atom is -0.497 e. The van der Waals surface area contributed by atoms with Gasteiger partial charge in [0.2, 0.25) is 0 Å². The van der Waals surface area contributed by atoms with E-state index >= 15 is 0 Å². The second kappa shape index (κ2) is 8.49. The van der Waals surface area contributed by atoms with Gasteiger partial charge in [-0.1, -0.05) is 30.3 Å². The molecule has 3 N–H and O–H groups in total. The number of aromatic nitrogens is 2. The molecule has 0 atom stereocenters. The van der Waals surface area contributed by atoms with Crippen LogP contribution in [0.4, 0.5) is 23.0 Å². The lowest BCUT2D eigenvalue weighted by Crippen LogP contribution is -2.17. The first-order valence-electron chi connectivity index (χ1n) is 9.47. The van der Waals surface area contributed by atoms with Crippen molar-refractivity contribution in [1.82, 2.24) is 9.97 Å². The highest BCUT2D eigenvalue weighted by Gasteiger charge is 2.21. The van der Waals surface area contributed by atoms with Gasteiger partial charge >= 0.3 is 0 Å². The number of methoxy groups -OCH3 is 1. The highest BCUT2D eigenvalue weighted by Crippen LogP contribution is 2.29. The maximum Gasteiger partial charge on any atom is 0.265 e. The Kier molecular flexibility index (Phi) is 5.59. The number of rotatable bonds is 7. The summed E-state index contributed by atoms with van der Waals surface area (Å²) in [6.07, 6.45) is 0. The van der Waals surface area contributed by atoms with Gasteiger partial charge in [-0.3, -0.25) is 4.72 Å². The molecule has 0 bridgehead atoms. The third-order valence-electron chi connectivity index (χ3n) is 4.58. The van der Waals surface area contributed by atoms with E-state index in [0.717, 1.165) is 0 Å². The summed E-state index contributed by atoms with van der Waals surface area (Å²) in [6.45, 7) is 0. The number of hydrogen-bond acceptors (Lipinski definition) is 7. The van der Waals surface area contributed by atoms with E-state index in [4.69, 9.17) is 4.74 Å². The number of hydrogen-bond donors (Lipinski definition) is 3. The van der Waals surface area contributed by atoms with Crippen LogP contribution in [-0.4, -0.2) is 32.5 Å². The Morgan fingerprint density at radius 2 is 1.52 bits per heavy atom. The first-order valence-corrected chi connectivity index (χ1v) is 11.0. The Balaban J connectivity index is 1.79. The Hall–Kier alpha value is -3.85. The number of benzene rings is 3. The average molecular weight is 436 g/mol. The summed E-state index contributed by atoms with van der Waals surface area (Å²) in [6, 6.07) is 21.1. The van der Waals surface area contributed by atoms with E-state index in [-0.39, 0.29) is 16.5 Å². The van der Waals surface area contributed by atoms with Crippen molar-refractivity contribution in [3.63, 3.8) is 0 Å². The third-order valence-corrected chi connectivity index (χ3v) is 5.98. The van der Waals surface area contributed by atoms with E-state index in [1.54, 1.807) is 44.5 Å². The molecular formula is C22H21N5O3S. The van der Waals surface area contributed by atoms with Crippen LogP contribution in [0.5, 0.6) is 5.75 Å². The zero-order valence-electron chi connectivity index (χ0n) is 17.0. The summed E-state index contributed by atoms with van der Waals surface area (Å²) in [5.41, 5.74) is 2.36. The van der Waals surface area contributed by atoms with E-state index < -0.39 is 10.0 Å². The van der Waals surface area contributed by atoms with Crippen LogP contribution < -0.4 is 20.1 Å². The second-order valence-electron chi connectivity index (χ2n) is 6.62. The molecule has 158 valence electrons. The van der Waals surface area contributed by atoms with Gasteiger partial charge in [-0.15, -0.1) is 0 Å². The van der Waals surface area contributed by atoms with Crippen LogP contribution in [-0.2, 0) is 10.0 Å². The number of anilines is 4. The topological polar surface area (TPSA) is 105 Å². The fourth-order valence-electron chi connectivity index (χ4n) is 3.09. The van der Waals surface area contributed by atoms with Crippen molar-refractivity contribution in [2.24, 2.45) is 0 Å². The summed E-state index contributed by atoms with van der Waals surface area (Å²) in [4.78, 5) is 9.21. The predicted molar refractivity (Wildman–Crippen MR) is 123 cm³/mol. The van der Waals surface area contributed by atoms with Crippen LogP contribution in [0.15, 0.2) is 77.7 Å². The van der Waals surface area contributed by atoms with Crippen molar-refractivity contribution in [2.75, 3.05) is 29.5 Å². The quantitative estimate of drug-likeness (QED) is 0.399. The van der Waals surface area contributed by atoms with Gasteiger partial charge in [-0.25, -0.2) is 18.4 Å². The van der Waals surface area contributed by atoms with Gasteiger partial charge < -0.3 is 15.4 Å². The maximum atomic E-state index is 13.2. The lowest BCUT2D eigenvalue weighted by Gasteiger charge is -2.15. The Bertz CT molecular complexity index is 1340. The summed E-state index contributed by atoms with van der Waals surface area (Å²) < 4.78 is 34.2. The second-order valence-corrected chi connectivity index (χ2v) is 8.27. The van der Waals surface area contributed by atoms with Gasteiger partial charge in [-0.2, -0.15) is 0 Å². The van der Waals surface area contributed by atoms with Gasteiger partial charge in [-0.05, 0) is 36.4 Å². The molecule has 0 aliphatic carbocycles. The molecular weight excluding hydrogens is 414 g/mol. The van der Waals surface area contributed by atoms with E-state index in [1.807, 2.05) is 36.4 Å². The molecule has 9 heteroatoms. The maximum absolute atomic E-state index is 13.2. The molecule has 0 unspecified atom stereocenters. The number of nitrogens with zero attached hydrogens (tertiary/aromatic N) is 2. The molecule has 0 aliphatic rings. The number of para-hydroxylation sites is 3. The first kappa shape index (κ1) is 20.4. The van der Waals surface area contributed by atoms with Crippen molar-refractivity contribution in [1.29, 1.82) is 0 Å². The smallest absolute Gasteiger partial charge is 0.265 e. The zero-order chi connectivity index (χ0) is 21.8. The van der Waals surface area contributed by atoms with Gasteiger partial charge in [0.05, 0.1) is 23.8 Å². The van der Waals surface area contributed by atoms with Crippen LogP contribution in [0.2, 0.25) is 0 Å². The van der Waals surface area contributed by atoms with Crippen LogP contribution in [0.3, 0.4) is 0 Å². The molecule has 0 spiro atoms. The third kappa shape index (κ3) is 4.36. The molecule has 1 heterocycles. The van der Waals surface area contributed by atoms with Gasteiger partial charge in [0.25, 0.3) is 10.0 Å². The van der Waals surface area contributed by atoms with Crippen LogP contribution >= 0.6 is 0 Å². The number of ether oxygens (including phenoxy) is 1. The van der Waals surface area contributed by atoms with Crippen LogP contribution in [0.25, 0.3) is 11.0 Å². The van der Waals surface area contributed by atoms with Crippen molar-refractivity contribution >= 4 is 44.1 Å². The summed E-state index contributed by atoms with van der Waals surface area (Å²) >= 11 is 0. The van der Waals surface area contributed by atoms with Gasteiger partial charge in [0.15, 0.2) is 11.6 Å². The minimum atomic E-state index is -3.93. The molecule has 0 saturated heterocycles. The fourth-order valence-corrected chi connectivity index (χ4v) is 4.31. The van der Waals surface area contributed by atoms with Gasteiger partial charge in [0, 0.05) is 18.8 Å². The van der Waals surface area contributed by atoms with Crippen molar-refractivity contribution < 1.29 is 13.2 Å². The standard InChI is InChI=1S/C22H21N5O3S/c1-23-19-12-5-6-13-20(19)31(28,29)27-22-21(24-15-8-7-9-16(14-15)30-2)25-17-10-3-4-11-18(17)26-22/h3-14,23H,1-2H3,(H,24,25)(H,26,27). The van der Waals surface area contributed by atoms with Crippen molar-refractivity contribution in [3.05, 3.63) is 72.8 Å². The molecule has 3 aromatic carbocycles. The highest BCUT2D eigenvalue weighted by atomic mass is 32.2. The number of fused-ring (bicyclic) bond motifs is 1. The number of nitrogens with one attached hydrogen (secondary N) is 3. The van der Waals surface area contributed by atoms with Crippen LogP contribution in [0.1, 0.15) is 0 Å². The fraction of sp³-hybridized carbons (Fsp3) is 0.0909. The molecule has 8 nitrogen and oxygen atoms in total. The van der Waals surface area contributed by atoms with E-state index in [0.29, 0.717) is 28.2 Å². The minimum absolute atomic E-state index is 0.0902. The molecule has 0 amide bonds. The van der Waals surface area contributed by atoms with E-state index in [9.17, 15) is 8.42 Å². The van der Waals surface area contributed by atoms with E-state index in [1.165, 1.54) is 6.07 Å². The molecule has 4 aromatic rings. The molecule has 31 heavy (non-hydrogen) atoms. The number of sulfonamides is 1. The molecule has 1 aromatic heterocycles. The summed E-state index contributed by atoms with van der Waals surface area (Å²) in [5.74, 6) is 1.02. The Morgan fingerprint density at radius 3 is 2.23 bits per heavy atom. The Morgan fingerprint density at radius 1 is 0.839 bits per heavy atom. The summed E-state index contributed by atoms with van der Waals surface area (Å²) in [7, 11) is -0.688. The van der Waals surface area contributed by atoms with Crippen molar-refractivity contribution in [3.8, 4) is 5.75 Å². The van der Waals surface area contributed by atoms with Crippen molar-refractivity contribution in [2.45, 2.75) is 4.90 Å². The molecule has 4 rings (SSSR count). The normalized spacial score (nSPS) is 11.2. The monoisotopic (exact) mass is 435 g/mol. The zero-order valence-corrected chi connectivity index (χ0v) is 17.8. The summed E-state index contributed by atoms with van der Waals surface area (Å²) in [5, 5.41) is 6.05. The van der Waals surface area contributed by atoms with E-state index in [2.05, 4.69) is 25.3 Å². The molecule has 0 fully saturated rings. The Labute approximate surface area is 180 Å². The SMILES string of the molecule is CNc1ccccc1S(=O)(=O)Nc1nc2ccccc2nc1Nc1cccc(OC)c1. The van der Waals surface area contributed by atoms with Crippen LogP contribution in [0, 0.1) is 0 Å². The largest absolute Gasteiger partial charge is 0.497 e. The lowest BCUT2D eigenvalue weighted by molar-refractivity contribution is 0.415.